The minimum atomic E-state index is -2.14. The van der Waals surface area contributed by atoms with Crippen LogP contribution in [0.2, 0.25) is 5.02 Å². The number of rotatable bonds is 2. The van der Waals surface area contributed by atoms with Gasteiger partial charge in [-0.2, -0.15) is 5.26 Å². The molecule has 0 aliphatic heterocycles. The topological polar surface area (TPSA) is 64.3 Å². The molecular weight excluding hydrogens is 224 g/mol. The zero-order chi connectivity index (χ0) is 10.7. The van der Waals surface area contributed by atoms with Crippen LogP contribution < -0.4 is 4.31 Å². The van der Waals surface area contributed by atoms with Gasteiger partial charge in [0.05, 0.1) is 11.3 Å². The average molecular weight is 231 g/mol. The Balaban J connectivity index is 3.22. The molecule has 4 nitrogen and oxygen atoms in total. The summed E-state index contributed by atoms with van der Waals surface area (Å²) < 4.78 is 20.6. The highest BCUT2D eigenvalue weighted by Crippen LogP contribution is 2.23. The lowest BCUT2D eigenvalue weighted by atomic mass is 10.2. The third kappa shape index (κ3) is 2.23. The molecule has 0 bridgehead atoms. The summed E-state index contributed by atoms with van der Waals surface area (Å²) in [6.07, 6.45) is 0. The first-order chi connectivity index (χ1) is 6.56. The van der Waals surface area contributed by atoms with Gasteiger partial charge in [-0.25, -0.2) is 4.21 Å². The maximum absolute atomic E-state index is 10.7. The summed E-state index contributed by atoms with van der Waals surface area (Å²) in [5.41, 5.74) is 0.639. The minimum absolute atomic E-state index is 0.266. The summed E-state index contributed by atoms with van der Waals surface area (Å²) in [6.45, 7) is 0. The zero-order valence-corrected chi connectivity index (χ0v) is 8.84. The van der Waals surface area contributed by atoms with Gasteiger partial charge in [0.2, 0.25) is 0 Å². The van der Waals surface area contributed by atoms with Gasteiger partial charge in [0, 0.05) is 12.1 Å². The van der Waals surface area contributed by atoms with Gasteiger partial charge in [-0.05, 0) is 18.2 Å². The molecule has 1 aromatic carbocycles. The molecule has 1 N–H and O–H groups in total. The lowest BCUT2D eigenvalue weighted by Crippen LogP contribution is -2.20. The summed E-state index contributed by atoms with van der Waals surface area (Å²) in [7, 11) is 1.42. The van der Waals surface area contributed by atoms with Gasteiger partial charge in [0.1, 0.15) is 6.07 Å². The number of anilines is 1. The number of benzene rings is 1. The molecule has 0 saturated heterocycles. The largest absolute Gasteiger partial charge is 0.289 e. The molecular formula is C8H7ClN2O2S. The molecule has 0 spiro atoms. The third-order valence-corrected chi connectivity index (χ3v) is 2.55. The maximum atomic E-state index is 10.7. The van der Waals surface area contributed by atoms with E-state index in [2.05, 4.69) is 0 Å². The Labute approximate surface area is 89.1 Å². The predicted molar refractivity (Wildman–Crippen MR) is 55.3 cm³/mol. The molecule has 0 fully saturated rings. The van der Waals surface area contributed by atoms with Crippen LogP contribution in [0.25, 0.3) is 0 Å². The van der Waals surface area contributed by atoms with Crippen LogP contribution in [0.3, 0.4) is 0 Å². The Bertz CT molecular complexity index is 416. The molecule has 0 aliphatic rings. The third-order valence-electron chi connectivity index (χ3n) is 1.65. The molecule has 1 aromatic rings. The van der Waals surface area contributed by atoms with E-state index in [-0.39, 0.29) is 5.56 Å². The van der Waals surface area contributed by atoms with Crippen molar-refractivity contribution in [2.45, 2.75) is 0 Å². The van der Waals surface area contributed by atoms with Gasteiger partial charge in [-0.3, -0.25) is 8.86 Å². The van der Waals surface area contributed by atoms with E-state index >= 15 is 0 Å². The Hall–Kier alpha value is -1.09. The van der Waals surface area contributed by atoms with E-state index in [4.69, 9.17) is 21.4 Å². The SMILES string of the molecule is CN(c1ccc(Cl)cc1C#N)S(=O)O. The Morgan fingerprint density at radius 3 is 2.79 bits per heavy atom. The zero-order valence-electron chi connectivity index (χ0n) is 7.27. The van der Waals surface area contributed by atoms with Gasteiger partial charge in [0.25, 0.3) is 11.3 Å². The van der Waals surface area contributed by atoms with E-state index in [1.807, 2.05) is 6.07 Å². The van der Waals surface area contributed by atoms with Gasteiger partial charge in [-0.15, -0.1) is 0 Å². The molecule has 0 heterocycles. The minimum Gasteiger partial charge on any atom is -0.289 e. The van der Waals surface area contributed by atoms with E-state index in [9.17, 15) is 4.21 Å². The Morgan fingerprint density at radius 1 is 1.64 bits per heavy atom. The molecule has 1 rings (SSSR count). The van der Waals surface area contributed by atoms with Gasteiger partial charge >= 0.3 is 0 Å². The number of hydrogen-bond acceptors (Lipinski definition) is 2. The van der Waals surface area contributed by atoms with Crippen LogP contribution in [0.5, 0.6) is 0 Å². The van der Waals surface area contributed by atoms with Crippen LogP contribution in [-0.4, -0.2) is 15.8 Å². The fourth-order valence-electron chi connectivity index (χ4n) is 0.957. The lowest BCUT2D eigenvalue weighted by molar-refractivity contribution is 0.562. The second-order valence-corrected chi connectivity index (χ2v) is 3.95. The van der Waals surface area contributed by atoms with Crippen LogP contribution in [-0.2, 0) is 11.3 Å². The molecule has 1 atom stereocenters. The number of nitrogens with zero attached hydrogens (tertiary/aromatic N) is 2. The van der Waals surface area contributed by atoms with Gasteiger partial charge < -0.3 is 0 Å². The van der Waals surface area contributed by atoms with Gasteiger partial charge in [-0.1, -0.05) is 11.6 Å². The average Bonchev–Trinajstić information content (AvgIpc) is 2.16. The fourth-order valence-corrected chi connectivity index (χ4v) is 1.46. The monoisotopic (exact) mass is 230 g/mol. The Morgan fingerprint density at radius 2 is 2.29 bits per heavy atom. The van der Waals surface area contributed by atoms with Gasteiger partial charge in [0.15, 0.2) is 0 Å². The normalized spacial score (nSPS) is 11.9. The van der Waals surface area contributed by atoms with Crippen molar-refractivity contribution in [3.05, 3.63) is 28.8 Å². The second kappa shape index (κ2) is 4.42. The molecule has 0 amide bonds. The molecule has 0 radical (unpaired) electrons. The number of nitriles is 1. The summed E-state index contributed by atoms with van der Waals surface area (Å²) in [5, 5.41) is 9.18. The molecule has 14 heavy (non-hydrogen) atoms. The fraction of sp³-hybridized carbons (Fsp3) is 0.125. The van der Waals surface area contributed by atoms with E-state index < -0.39 is 11.3 Å². The highest BCUT2D eigenvalue weighted by molar-refractivity contribution is 7.80. The van der Waals surface area contributed by atoms with Crippen molar-refractivity contribution < 1.29 is 8.76 Å². The van der Waals surface area contributed by atoms with Crippen LogP contribution in [0, 0.1) is 11.3 Å². The van der Waals surface area contributed by atoms with Crippen molar-refractivity contribution in [1.29, 1.82) is 5.26 Å². The van der Waals surface area contributed by atoms with E-state index in [1.165, 1.54) is 19.2 Å². The van der Waals surface area contributed by atoms with E-state index in [0.29, 0.717) is 10.7 Å². The first-order valence-electron chi connectivity index (χ1n) is 3.60. The first-order valence-corrected chi connectivity index (χ1v) is 5.04. The van der Waals surface area contributed by atoms with Crippen molar-refractivity contribution in [2.75, 3.05) is 11.4 Å². The quantitative estimate of drug-likeness (QED) is 0.788. The van der Waals surface area contributed by atoms with Crippen molar-refractivity contribution in [3.8, 4) is 6.07 Å². The van der Waals surface area contributed by atoms with Crippen molar-refractivity contribution in [1.82, 2.24) is 0 Å². The molecule has 1 unspecified atom stereocenters. The van der Waals surface area contributed by atoms with E-state index in [0.717, 1.165) is 4.31 Å². The van der Waals surface area contributed by atoms with Crippen molar-refractivity contribution >= 4 is 28.6 Å². The smallest absolute Gasteiger partial charge is 0.261 e. The molecule has 74 valence electrons. The second-order valence-electron chi connectivity index (χ2n) is 2.50. The molecule has 6 heteroatoms. The molecule has 0 saturated carbocycles. The highest BCUT2D eigenvalue weighted by Gasteiger charge is 2.11. The summed E-state index contributed by atoms with van der Waals surface area (Å²) in [4.78, 5) is 0. The van der Waals surface area contributed by atoms with Crippen molar-refractivity contribution in [2.24, 2.45) is 0 Å². The number of hydrogen-bond donors (Lipinski definition) is 1. The van der Waals surface area contributed by atoms with E-state index in [1.54, 1.807) is 6.07 Å². The lowest BCUT2D eigenvalue weighted by Gasteiger charge is -2.14. The standard InChI is InChI=1S/C8H7ClN2O2S/c1-11(14(12)13)8-3-2-7(9)4-6(8)5-10/h2-4H,1H3,(H,12,13). The Kier molecular flexibility index (Phi) is 3.47. The summed E-state index contributed by atoms with van der Waals surface area (Å²) >= 11 is 3.53. The summed E-state index contributed by atoms with van der Waals surface area (Å²) in [5.74, 6) is 0. The van der Waals surface area contributed by atoms with Crippen molar-refractivity contribution in [3.63, 3.8) is 0 Å². The molecule has 0 aliphatic carbocycles. The maximum Gasteiger partial charge on any atom is 0.261 e. The number of halogens is 1. The predicted octanol–water partition coefficient (Wildman–Crippen LogP) is 1.78. The van der Waals surface area contributed by atoms with Crippen LogP contribution in [0.4, 0.5) is 5.69 Å². The highest BCUT2D eigenvalue weighted by atomic mass is 35.5. The van der Waals surface area contributed by atoms with Crippen LogP contribution in [0.1, 0.15) is 5.56 Å². The van der Waals surface area contributed by atoms with Crippen LogP contribution in [0.15, 0.2) is 18.2 Å². The first kappa shape index (κ1) is 11.0. The van der Waals surface area contributed by atoms with Crippen LogP contribution >= 0.6 is 11.6 Å². The molecule has 0 aromatic heterocycles. The summed E-state index contributed by atoms with van der Waals surface area (Å²) in [6, 6.07) is 6.42.